The molecule has 2 aromatic heterocycles. The Labute approximate surface area is 153 Å². The molecule has 4 rings (SSSR count). The zero-order valence-corrected chi connectivity index (χ0v) is 15.5. The predicted octanol–water partition coefficient (Wildman–Crippen LogP) is 3.82. The average Bonchev–Trinajstić information content (AvgIpc) is 3.37. The second-order valence-corrected chi connectivity index (χ2v) is 6.83. The first kappa shape index (κ1) is 16.8. The van der Waals surface area contributed by atoms with Gasteiger partial charge >= 0.3 is 0 Å². The molecule has 0 aliphatic carbocycles. The minimum absolute atomic E-state index is 0.371. The maximum atomic E-state index is 5.45. The fourth-order valence-electron chi connectivity index (χ4n) is 3.94. The molecule has 6 nitrogen and oxygen atoms in total. The number of hydrogen-bond acceptors (Lipinski definition) is 5. The molecule has 136 valence electrons. The SMILES string of the molecule is COc1ccccc1-n1cc(CN2CCCC2c2c(C)noc2C)cn1. The van der Waals surface area contributed by atoms with Crippen LogP contribution in [0.15, 0.2) is 41.2 Å². The van der Waals surface area contributed by atoms with E-state index in [0.717, 1.165) is 42.4 Å². The van der Waals surface area contributed by atoms with E-state index >= 15 is 0 Å². The summed E-state index contributed by atoms with van der Waals surface area (Å²) < 4.78 is 12.7. The van der Waals surface area contributed by atoms with Gasteiger partial charge in [-0.2, -0.15) is 5.10 Å². The van der Waals surface area contributed by atoms with Crippen LogP contribution in [-0.2, 0) is 6.54 Å². The van der Waals surface area contributed by atoms with Crippen LogP contribution in [0.4, 0.5) is 0 Å². The standard InChI is InChI=1S/C20H24N4O2/c1-14-20(15(2)26-22-14)18-8-6-10-23(18)12-16-11-21-24(13-16)17-7-4-5-9-19(17)25-3/h4-5,7,9,11,13,18H,6,8,10,12H2,1-3H3. The van der Waals surface area contributed by atoms with Crippen molar-refractivity contribution in [3.05, 3.63) is 59.2 Å². The molecule has 1 fully saturated rings. The topological polar surface area (TPSA) is 56.3 Å². The summed E-state index contributed by atoms with van der Waals surface area (Å²) in [7, 11) is 1.68. The molecule has 0 radical (unpaired) electrons. The molecule has 0 amide bonds. The van der Waals surface area contributed by atoms with E-state index in [1.807, 2.05) is 49.0 Å². The van der Waals surface area contributed by atoms with Crippen molar-refractivity contribution in [2.45, 2.75) is 39.3 Å². The molecule has 3 heterocycles. The highest BCUT2D eigenvalue weighted by Crippen LogP contribution is 2.36. The highest BCUT2D eigenvalue weighted by Gasteiger charge is 2.30. The molecule has 1 aliphatic heterocycles. The molecule has 1 saturated heterocycles. The van der Waals surface area contributed by atoms with E-state index < -0.39 is 0 Å². The molecule has 1 aromatic carbocycles. The lowest BCUT2D eigenvalue weighted by Crippen LogP contribution is -2.23. The number of ether oxygens (including phenoxy) is 1. The highest BCUT2D eigenvalue weighted by atomic mass is 16.5. The minimum atomic E-state index is 0.371. The number of hydrogen-bond donors (Lipinski definition) is 0. The quantitative estimate of drug-likeness (QED) is 0.699. The first-order chi connectivity index (χ1) is 12.7. The van der Waals surface area contributed by atoms with Gasteiger partial charge in [0, 0.05) is 29.9 Å². The fourth-order valence-corrected chi connectivity index (χ4v) is 3.94. The van der Waals surface area contributed by atoms with E-state index in [1.165, 1.54) is 17.5 Å². The van der Waals surface area contributed by atoms with Gasteiger partial charge in [0.05, 0.1) is 19.0 Å². The lowest BCUT2D eigenvalue weighted by molar-refractivity contribution is 0.245. The number of para-hydroxylation sites is 2. The molecule has 0 saturated carbocycles. The van der Waals surface area contributed by atoms with Crippen molar-refractivity contribution in [3.8, 4) is 11.4 Å². The summed E-state index contributed by atoms with van der Waals surface area (Å²) in [5.41, 5.74) is 4.39. The Morgan fingerprint density at radius 3 is 2.88 bits per heavy atom. The number of methoxy groups -OCH3 is 1. The lowest BCUT2D eigenvalue weighted by Gasteiger charge is -2.23. The van der Waals surface area contributed by atoms with Crippen molar-refractivity contribution in [2.75, 3.05) is 13.7 Å². The van der Waals surface area contributed by atoms with Gasteiger partial charge in [-0.25, -0.2) is 4.68 Å². The summed E-state index contributed by atoms with van der Waals surface area (Å²) in [4.78, 5) is 2.50. The van der Waals surface area contributed by atoms with E-state index in [0.29, 0.717) is 6.04 Å². The van der Waals surface area contributed by atoms with Gasteiger partial charge in [-0.05, 0) is 45.4 Å². The van der Waals surface area contributed by atoms with E-state index in [4.69, 9.17) is 9.26 Å². The zero-order chi connectivity index (χ0) is 18.1. The number of nitrogens with zero attached hydrogens (tertiary/aromatic N) is 4. The number of benzene rings is 1. The molecule has 6 heteroatoms. The van der Waals surface area contributed by atoms with Crippen LogP contribution >= 0.6 is 0 Å². The van der Waals surface area contributed by atoms with Crippen LogP contribution in [0.1, 0.15) is 41.5 Å². The van der Waals surface area contributed by atoms with Crippen LogP contribution in [0.2, 0.25) is 0 Å². The summed E-state index contributed by atoms with van der Waals surface area (Å²) in [5, 5.41) is 8.67. The Kier molecular flexibility index (Phi) is 4.51. The van der Waals surface area contributed by atoms with E-state index in [9.17, 15) is 0 Å². The third kappa shape index (κ3) is 3.01. The summed E-state index contributed by atoms with van der Waals surface area (Å²) >= 11 is 0. The summed E-state index contributed by atoms with van der Waals surface area (Å²) in [6.45, 7) is 5.98. The van der Waals surface area contributed by atoms with Crippen molar-refractivity contribution in [2.24, 2.45) is 0 Å². The number of aromatic nitrogens is 3. The van der Waals surface area contributed by atoms with Crippen LogP contribution in [0, 0.1) is 13.8 Å². The van der Waals surface area contributed by atoms with E-state index in [-0.39, 0.29) is 0 Å². The van der Waals surface area contributed by atoms with E-state index in [1.54, 1.807) is 7.11 Å². The van der Waals surface area contributed by atoms with Gasteiger partial charge in [-0.1, -0.05) is 17.3 Å². The maximum Gasteiger partial charge on any atom is 0.144 e. The molecule has 1 unspecified atom stereocenters. The van der Waals surface area contributed by atoms with Gasteiger partial charge in [-0.15, -0.1) is 0 Å². The van der Waals surface area contributed by atoms with Crippen molar-refractivity contribution in [3.63, 3.8) is 0 Å². The second kappa shape index (κ2) is 6.96. The first-order valence-corrected chi connectivity index (χ1v) is 9.01. The third-order valence-corrected chi connectivity index (χ3v) is 5.14. The van der Waals surface area contributed by atoms with Crippen LogP contribution in [0.25, 0.3) is 5.69 Å². The average molecular weight is 352 g/mol. The Hall–Kier alpha value is -2.60. The maximum absolute atomic E-state index is 5.45. The predicted molar refractivity (Wildman–Crippen MR) is 98.5 cm³/mol. The largest absolute Gasteiger partial charge is 0.494 e. The van der Waals surface area contributed by atoms with Crippen LogP contribution in [0.5, 0.6) is 5.75 Å². The molecule has 1 atom stereocenters. The number of likely N-dealkylation sites (tertiary alicyclic amines) is 1. The summed E-state index contributed by atoms with van der Waals surface area (Å²) in [6, 6.07) is 8.29. The molecule has 26 heavy (non-hydrogen) atoms. The smallest absolute Gasteiger partial charge is 0.144 e. The summed E-state index contributed by atoms with van der Waals surface area (Å²) in [6.07, 6.45) is 6.36. The Bertz CT molecular complexity index is 879. The Morgan fingerprint density at radius 2 is 2.12 bits per heavy atom. The van der Waals surface area contributed by atoms with Gasteiger partial charge in [0.25, 0.3) is 0 Å². The van der Waals surface area contributed by atoms with Gasteiger partial charge in [-0.3, -0.25) is 4.90 Å². The van der Waals surface area contributed by atoms with Gasteiger partial charge in [0.1, 0.15) is 17.2 Å². The van der Waals surface area contributed by atoms with Gasteiger partial charge in [0.2, 0.25) is 0 Å². The Morgan fingerprint density at radius 1 is 1.27 bits per heavy atom. The number of rotatable bonds is 5. The van der Waals surface area contributed by atoms with E-state index in [2.05, 4.69) is 21.4 Å². The zero-order valence-electron chi connectivity index (χ0n) is 15.5. The Balaban J connectivity index is 1.55. The first-order valence-electron chi connectivity index (χ1n) is 9.01. The fraction of sp³-hybridized carbons (Fsp3) is 0.400. The highest BCUT2D eigenvalue weighted by molar-refractivity contribution is 5.46. The van der Waals surface area contributed by atoms with Crippen LogP contribution in [-0.4, -0.2) is 33.5 Å². The molecule has 0 bridgehead atoms. The van der Waals surface area contributed by atoms with Crippen LogP contribution < -0.4 is 4.74 Å². The van der Waals surface area contributed by atoms with Gasteiger partial charge < -0.3 is 9.26 Å². The van der Waals surface area contributed by atoms with Crippen molar-refractivity contribution >= 4 is 0 Å². The third-order valence-electron chi connectivity index (χ3n) is 5.14. The summed E-state index contributed by atoms with van der Waals surface area (Å²) in [5.74, 6) is 1.75. The van der Waals surface area contributed by atoms with Crippen LogP contribution in [0.3, 0.4) is 0 Å². The van der Waals surface area contributed by atoms with Crippen molar-refractivity contribution < 1.29 is 9.26 Å². The number of aryl methyl sites for hydroxylation is 2. The molecular formula is C20H24N4O2. The molecule has 3 aromatic rings. The molecule has 0 N–H and O–H groups in total. The van der Waals surface area contributed by atoms with Gasteiger partial charge in [0.15, 0.2) is 0 Å². The van der Waals surface area contributed by atoms with Crippen molar-refractivity contribution in [1.29, 1.82) is 0 Å². The van der Waals surface area contributed by atoms with Crippen molar-refractivity contribution in [1.82, 2.24) is 19.8 Å². The molecule has 0 spiro atoms. The molecule has 1 aliphatic rings. The lowest BCUT2D eigenvalue weighted by atomic mass is 10.0. The monoisotopic (exact) mass is 352 g/mol. The molecular weight excluding hydrogens is 328 g/mol. The minimum Gasteiger partial charge on any atom is -0.494 e. The normalized spacial score (nSPS) is 17.7. The second-order valence-electron chi connectivity index (χ2n) is 6.83.